The average Bonchev–Trinajstić information content (AvgIpc) is 2.68. The van der Waals surface area contributed by atoms with Gasteiger partial charge in [-0.3, -0.25) is 9.59 Å². The summed E-state index contributed by atoms with van der Waals surface area (Å²) in [6.07, 6.45) is 0.576. The molecule has 1 atom stereocenters. The number of benzene rings is 2. The van der Waals surface area contributed by atoms with Gasteiger partial charge in [-0.25, -0.2) is 0 Å². The number of rotatable bonds is 9. The van der Waals surface area contributed by atoms with E-state index in [2.05, 4.69) is 5.32 Å². The van der Waals surface area contributed by atoms with Crippen LogP contribution in [0.15, 0.2) is 47.4 Å². The maximum Gasteiger partial charge on any atom is 0.316 e. The van der Waals surface area contributed by atoms with Gasteiger partial charge in [0.2, 0.25) is 0 Å². The van der Waals surface area contributed by atoms with E-state index >= 15 is 0 Å². The number of ether oxygens (including phenoxy) is 2. The number of carbonyl (C=O) groups is 2. The maximum atomic E-state index is 12.6. The molecule has 2 aromatic carbocycles. The second kappa shape index (κ2) is 9.87. The molecule has 2 aromatic rings. The van der Waals surface area contributed by atoms with Gasteiger partial charge in [-0.05, 0) is 49.2 Å². The van der Waals surface area contributed by atoms with Gasteiger partial charge < -0.3 is 19.9 Å². The molecule has 0 aliphatic carbocycles. The van der Waals surface area contributed by atoms with Crippen molar-refractivity contribution in [3.63, 3.8) is 0 Å². The van der Waals surface area contributed by atoms with Crippen LogP contribution in [-0.4, -0.2) is 43.0 Å². The monoisotopic (exact) mass is 389 g/mol. The summed E-state index contributed by atoms with van der Waals surface area (Å²) in [5.74, 6) is 0.302. The predicted molar refractivity (Wildman–Crippen MR) is 105 cm³/mol. The van der Waals surface area contributed by atoms with E-state index < -0.39 is 11.2 Å². The second-order valence-electron chi connectivity index (χ2n) is 5.78. The lowest BCUT2D eigenvalue weighted by Crippen LogP contribution is -2.26. The van der Waals surface area contributed by atoms with E-state index in [1.807, 2.05) is 18.2 Å². The van der Waals surface area contributed by atoms with Crippen LogP contribution in [-0.2, 0) is 11.2 Å². The van der Waals surface area contributed by atoms with Crippen molar-refractivity contribution >= 4 is 23.6 Å². The summed E-state index contributed by atoms with van der Waals surface area (Å²) in [7, 11) is 3.20. The third-order valence-corrected chi connectivity index (χ3v) is 5.12. The molecule has 7 heteroatoms. The van der Waals surface area contributed by atoms with Crippen molar-refractivity contribution in [3.05, 3.63) is 53.6 Å². The zero-order chi connectivity index (χ0) is 19.8. The molecule has 0 aliphatic rings. The molecular weight excluding hydrogens is 366 g/mol. The minimum absolute atomic E-state index is 0.238. The normalized spacial score (nSPS) is 11.5. The first-order valence-electron chi connectivity index (χ1n) is 8.43. The first-order valence-corrected chi connectivity index (χ1v) is 9.31. The zero-order valence-electron chi connectivity index (χ0n) is 15.5. The number of carbonyl (C=O) groups excluding carboxylic acids is 1. The number of methoxy groups -OCH3 is 2. The SMILES string of the molecule is COc1ccc(OC)c(CCNC(=O)c2ccccc2SC(C)C(=O)O)c1. The highest BCUT2D eigenvalue weighted by atomic mass is 32.2. The van der Waals surface area contributed by atoms with Gasteiger partial charge in [0, 0.05) is 11.4 Å². The molecule has 0 aliphatic heterocycles. The minimum Gasteiger partial charge on any atom is -0.497 e. The Hall–Kier alpha value is -2.67. The lowest BCUT2D eigenvalue weighted by Gasteiger charge is -2.13. The lowest BCUT2D eigenvalue weighted by molar-refractivity contribution is -0.136. The molecule has 6 nitrogen and oxygen atoms in total. The molecule has 0 fully saturated rings. The highest BCUT2D eigenvalue weighted by Crippen LogP contribution is 2.27. The van der Waals surface area contributed by atoms with Crippen LogP contribution in [0, 0.1) is 0 Å². The Kier molecular flexibility index (Phi) is 7.55. The molecule has 1 unspecified atom stereocenters. The van der Waals surface area contributed by atoms with Crippen molar-refractivity contribution < 1.29 is 24.2 Å². The van der Waals surface area contributed by atoms with Gasteiger partial charge in [0.05, 0.1) is 19.8 Å². The Balaban J connectivity index is 2.04. The van der Waals surface area contributed by atoms with Gasteiger partial charge in [-0.15, -0.1) is 11.8 Å². The first-order chi connectivity index (χ1) is 13.0. The summed E-state index contributed by atoms with van der Waals surface area (Å²) in [5, 5.41) is 11.3. The number of carboxylic acids is 1. The van der Waals surface area contributed by atoms with E-state index in [1.165, 1.54) is 0 Å². The summed E-state index contributed by atoms with van der Waals surface area (Å²) >= 11 is 1.15. The highest BCUT2D eigenvalue weighted by molar-refractivity contribution is 8.00. The highest BCUT2D eigenvalue weighted by Gasteiger charge is 2.17. The van der Waals surface area contributed by atoms with Crippen LogP contribution in [0.4, 0.5) is 0 Å². The Morgan fingerprint density at radius 2 is 1.89 bits per heavy atom. The van der Waals surface area contributed by atoms with Crippen LogP contribution in [0.25, 0.3) is 0 Å². The van der Waals surface area contributed by atoms with Crippen molar-refractivity contribution in [2.24, 2.45) is 0 Å². The van der Waals surface area contributed by atoms with Gasteiger partial charge in [0.1, 0.15) is 16.7 Å². The molecule has 27 heavy (non-hydrogen) atoms. The third-order valence-electron chi connectivity index (χ3n) is 3.95. The number of amides is 1. The van der Waals surface area contributed by atoms with Crippen molar-refractivity contribution in [1.82, 2.24) is 5.32 Å². The molecule has 2 N–H and O–H groups in total. The number of thioether (sulfide) groups is 1. The molecule has 0 heterocycles. The van der Waals surface area contributed by atoms with Crippen LogP contribution in [0.3, 0.4) is 0 Å². The van der Waals surface area contributed by atoms with Gasteiger partial charge >= 0.3 is 5.97 Å². The molecule has 0 saturated heterocycles. The second-order valence-corrected chi connectivity index (χ2v) is 7.16. The Morgan fingerprint density at radius 1 is 1.15 bits per heavy atom. The standard InChI is InChI=1S/C20H23NO5S/c1-13(20(23)24)27-18-7-5-4-6-16(18)19(22)21-11-10-14-12-15(25-2)8-9-17(14)26-3/h4-9,12-13H,10-11H2,1-3H3,(H,21,22)(H,23,24). The van der Waals surface area contributed by atoms with Crippen LogP contribution in [0.2, 0.25) is 0 Å². The number of aliphatic carboxylic acids is 1. The van der Waals surface area contributed by atoms with Gasteiger partial charge in [0.15, 0.2) is 0 Å². The van der Waals surface area contributed by atoms with Crippen LogP contribution in [0.1, 0.15) is 22.8 Å². The Labute approximate surface area is 162 Å². The summed E-state index contributed by atoms with van der Waals surface area (Å²) in [6.45, 7) is 2.01. The molecule has 1 amide bonds. The molecule has 144 valence electrons. The fourth-order valence-corrected chi connectivity index (χ4v) is 3.41. The van der Waals surface area contributed by atoms with Crippen molar-refractivity contribution in [3.8, 4) is 11.5 Å². The smallest absolute Gasteiger partial charge is 0.316 e. The van der Waals surface area contributed by atoms with Crippen molar-refractivity contribution in [2.45, 2.75) is 23.5 Å². The molecule has 0 radical (unpaired) electrons. The Bertz CT molecular complexity index is 809. The number of nitrogens with one attached hydrogen (secondary N) is 1. The van der Waals surface area contributed by atoms with E-state index in [0.29, 0.717) is 23.4 Å². The topological polar surface area (TPSA) is 84.9 Å². The maximum absolute atomic E-state index is 12.6. The Morgan fingerprint density at radius 3 is 2.56 bits per heavy atom. The molecule has 0 spiro atoms. The molecule has 0 saturated carbocycles. The minimum atomic E-state index is -0.916. The number of hydrogen-bond acceptors (Lipinski definition) is 5. The van der Waals surface area contributed by atoms with E-state index in [0.717, 1.165) is 28.8 Å². The first kappa shape index (κ1) is 20.6. The molecular formula is C20H23NO5S. The molecule has 0 aromatic heterocycles. The van der Waals surface area contributed by atoms with Crippen LogP contribution < -0.4 is 14.8 Å². The van der Waals surface area contributed by atoms with Crippen LogP contribution >= 0.6 is 11.8 Å². The fraction of sp³-hybridized carbons (Fsp3) is 0.300. The van der Waals surface area contributed by atoms with E-state index in [-0.39, 0.29) is 5.91 Å². The molecule has 0 bridgehead atoms. The summed E-state index contributed by atoms with van der Waals surface area (Å²) < 4.78 is 10.6. The van der Waals surface area contributed by atoms with E-state index in [4.69, 9.17) is 14.6 Å². The van der Waals surface area contributed by atoms with Crippen molar-refractivity contribution in [2.75, 3.05) is 20.8 Å². The van der Waals surface area contributed by atoms with Gasteiger partial charge in [0.25, 0.3) is 5.91 Å². The fourth-order valence-electron chi connectivity index (χ4n) is 2.48. The molecule has 2 rings (SSSR count). The zero-order valence-corrected chi connectivity index (χ0v) is 16.3. The quantitative estimate of drug-likeness (QED) is 0.641. The number of carboxylic acid groups (broad SMARTS) is 1. The summed E-state index contributed by atoms with van der Waals surface area (Å²) in [6, 6.07) is 12.5. The van der Waals surface area contributed by atoms with E-state index in [1.54, 1.807) is 45.4 Å². The average molecular weight is 389 g/mol. The van der Waals surface area contributed by atoms with Gasteiger partial charge in [-0.1, -0.05) is 12.1 Å². The third kappa shape index (κ3) is 5.65. The largest absolute Gasteiger partial charge is 0.497 e. The van der Waals surface area contributed by atoms with E-state index in [9.17, 15) is 9.59 Å². The predicted octanol–water partition coefficient (Wildman–Crippen LogP) is 3.24. The van der Waals surface area contributed by atoms with Crippen LogP contribution in [0.5, 0.6) is 11.5 Å². The summed E-state index contributed by atoms with van der Waals surface area (Å²) in [5.41, 5.74) is 1.40. The number of hydrogen-bond donors (Lipinski definition) is 2. The van der Waals surface area contributed by atoms with Gasteiger partial charge in [-0.2, -0.15) is 0 Å². The summed E-state index contributed by atoms with van der Waals surface area (Å²) in [4.78, 5) is 24.3. The lowest BCUT2D eigenvalue weighted by atomic mass is 10.1. The van der Waals surface area contributed by atoms with Crippen molar-refractivity contribution in [1.29, 1.82) is 0 Å².